The maximum atomic E-state index is 11.9. The molecule has 2 rings (SSSR count). The number of nitrogens with one attached hydrogen (secondary N) is 2. The van der Waals surface area contributed by atoms with E-state index in [1.165, 1.54) is 5.56 Å². The summed E-state index contributed by atoms with van der Waals surface area (Å²) in [5.41, 5.74) is 3.26. The molecular weight excluding hydrogens is 284 g/mol. The van der Waals surface area contributed by atoms with Gasteiger partial charge in [-0.2, -0.15) is 0 Å². The highest BCUT2D eigenvalue weighted by Crippen LogP contribution is 2.17. The Balaban J connectivity index is 1.85. The summed E-state index contributed by atoms with van der Waals surface area (Å²) in [4.78, 5) is 11.9. The molecule has 110 valence electrons. The van der Waals surface area contributed by atoms with Crippen LogP contribution in [0.4, 0.5) is 4.79 Å². The number of aryl methyl sites for hydroxylation is 1. The van der Waals surface area contributed by atoms with Crippen LogP contribution in [0.1, 0.15) is 29.7 Å². The number of amides is 2. The van der Waals surface area contributed by atoms with E-state index in [4.69, 9.17) is 11.6 Å². The molecule has 3 nitrogen and oxygen atoms in total. The highest BCUT2D eigenvalue weighted by molar-refractivity contribution is 6.30. The number of hydrogen-bond donors (Lipinski definition) is 2. The fraction of sp³-hybridized carbons (Fsp3) is 0.235. The summed E-state index contributed by atoms with van der Waals surface area (Å²) in [6.07, 6.45) is 0. The van der Waals surface area contributed by atoms with Gasteiger partial charge in [-0.1, -0.05) is 53.6 Å². The fourth-order valence-electron chi connectivity index (χ4n) is 2.00. The van der Waals surface area contributed by atoms with Gasteiger partial charge in [0.15, 0.2) is 0 Å². The minimum atomic E-state index is -0.192. The van der Waals surface area contributed by atoms with Gasteiger partial charge in [-0.05, 0) is 37.1 Å². The molecule has 0 unspecified atom stereocenters. The van der Waals surface area contributed by atoms with Gasteiger partial charge in [0.25, 0.3) is 0 Å². The van der Waals surface area contributed by atoms with E-state index in [0.29, 0.717) is 11.6 Å². The molecule has 0 saturated carbocycles. The molecule has 0 bridgehead atoms. The van der Waals surface area contributed by atoms with Crippen molar-refractivity contribution in [3.8, 4) is 0 Å². The van der Waals surface area contributed by atoms with Gasteiger partial charge in [-0.15, -0.1) is 0 Å². The lowest BCUT2D eigenvalue weighted by molar-refractivity contribution is 0.237. The second-order valence-corrected chi connectivity index (χ2v) is 5.53. The van der Waals surface area contributed by atoms with Crippen LogP contribution >= 0.6 is 11.6 Å². The van der Waals surface area contributed by atoms with Crippen LogP contribution in [0.2, 0.25) is 5.02 Å². The highest BCUT2D eigenvalue weighted by atomic mass is 35.5. The highest BCUT2D eigenvalue weighted by Gasteiger charge is 2.09. The first-order valence-electron chi connectivity index (χ1n) is 6.90. The minimum Gasteiger partial charge on any atom is -0.334 e. The summed E-state index contributed by atoms with van der Waals surface area (Å²) < 4.78 is 0. The number of carbonyl (C=O) groups is 1. The standard InChI is InChI=1S/C17H19ClN2O/c1-12-6-8-14(9-7-12)11-19-17(21)20-13(2)15-4-3-5-16(18)10-15/h3-10,13H,11H2,1-2H3,(H2,19,20,21)/t13-/m1/s1. The molecule has 0 aromatic heterocycles. The number of halogens is 1. The number of rotatable bonds is 4. The van der Waals surface area contributed by atoms with Crippen LogP contribution in [-0.4, -0.2) is 6.03 Å². The fourth-order valence-corrected chi connectivity index (χ4v) is 2.19. The molecule has 0 aliphatic heterocycles. The van der Waals surface area contributed by atoms with Gasteiger partial charge in [0, 0.05) is 11.6 Å². The first kappa shape index (κ1) is 15.4. The predicted molar refractivity (Wildman–Crippen MR) is 86.4 cm³/mol. The summed E-state index contributed by atoms with van der Waals surface area (Å²) in [5.74, 6) is 0. The Labute approximate surface area is 130 Å². The van der Waals surface area contributed by atoms with Gasteiger partial charge in [0.2, 0.25) is 0 Å². The Hall–Kier alpha value is -2.00. The van der Waals surface area contributed by atoms with E-state index in [-0.39, 0.29) is 12.1 Å². The summed E-state index contributed by atoms with van der Waals surface area (Å²) in [6, 6.07) is 15.3. The van der Waals surface area contributed by atoms with E-state index >= 15 is 0 Å². The van der Waals surface area contributed by atoms with Crippen LogP contribution < -0.4 is 10.6 Å². The topological polar surface area (TPSA) is 41.1 Å². The molecule has 4 heteroatoms. The zero-order valence-electron chi connectivity index (χ0n) is 12.2. The van der Waals surface area contributed by atoms with Crippen molar-refractivity contribution in [2.24, 2.45) is 0 Å². The van der Waals surface area contributed by atoms with Crippen molar-refractivity contribution in [3.63, 3.8) is 0 Å². The molecule has 0 fully saturated rings. The van der Waals surface area contributed by atoms with Gasteiger partial charge in [0.1, 0.15) is 0 Å². The predicted octanol–water partition coefficient (Wildman–Crippen LogP) is 4.21. The van der Waals surface area contributed by atoms with Gasteiger partial charge >= 0.3 is 6.03 Å². The average Bonchev–Trinajstić information content (AvgIpc) is 2.46. The van der Waals surface area contributed by atoms with Crippen LogP contribution in [0.25, 0.3) is 0 Å². The Morgan fingerprint density at radius 3 is 2.57 bits per heavy atom. The molecule has 0 radical (unpaired) electrons. The van der Waals surface area contributed by atoms with E-state index in [1.54, 1.807) is 0 Å². The zero-order chi connectivity index (χ0) is 15.2. The van der Waals surface area contributed by atoms with Gasteiger partial charge in [-0.25, -0.2) is 4.79 Å². The second kappa shape index (κ2) is 7.14. The summed E-state index contributed by atoms with van der Waals surface area (Å²) >= 11 is 5.95. The number of hydrogen-bond acceptors (Lipinski definition) is 1. The van der Waals surface area contributed by atoms with Crippen LogP contribution in [0.3, 0.4) is 0 Å². The molecular formula is C17H19ClN2O. The van der Waals surface area contributed by atoms with Crippen LogP contribution in [-0.2, 0) is 6.54 Å². The molecule has 0 heterocycles. The van der Waals surface area contributed by atoms with Gasteiger partial charge in [-0.3, -0.25) is 0 Å². The van der Waals surface area contributed by atoms with Crippen molar-refractivity contribution in [1.29, 1.82) is 0 Å². The molecule has 0 spiro atoms. The SMILES string of the molecule is Cc1ccc(CNC(=O)N[C@H](C)c2cccc(Cl)c2)cc1. The van der Waals surface area contributed by atoms with Crippen LogP contribution in [0.15, 0.2) is 48.5 Å². The molecule has 2 aromatic carbocycles. The third-order valence-electron chi connectivity index (χ3n) is 3.27. The first-order chi connectivity index (χ1) is 10.0. The van der Waals surface area contributed by atoms with E-state index in [9.17, 15) is 4.79 Å². The largest absolute Gasteiger partial charge is 0.334 e. The summed E-state index contributed by atoms with van der Waals surface area (Å²) in [6.45, 7) is 4.47. The third kappa shape index (κ3) is 4.80. The maximum absolute atomic E-state index is 11.9. The number of benzene rings is 2. The minimum absolute atomic E-state index is 0.0956. The van der Waals surface area contributed by atoms with E-state index < -0.39 is 0 Å². The monoisotopic (exact) mass is 302 g/mol. The zero-order valence-corrected chi connectivity index (χ0v) is 12.9. The van der Waals surface area contributed by atoms with Gasteiger partial charge < -0.3 is 10.6 Å². The quantitative estimate of drug-likeness (QED) is 0.873. The lowest BCUT2D eigenvalue weighted by Gasteiger charge is -2.15. The van der Waals surface area contributed by atoms with E-state index in [1.807, 2.05) is 62.4 Å². The van der Waals surface area contributed by atoms with E-state index in [2.05, 4.69) is 10.6 Å². The number of urea groups is 1. The molecule has 1 atom stereocenters. The average molecular weight is 303 g/mol. The molecule has 2 N–H and O–H groups in total. The van der Waals surface area contributed by atoms with Crippen molar-refractivity contribution in [3.05, 3.63) is 70.2 Å². The third-order valence-corrected chi connectivity index (χ3v) is 3.51. The lowest BCUT2D eigenvalue weighted by atomic mass is 10.1. The second-order valence-electron chi connectivity index (χ2n) is 5.09. The normalized spacial score (nSPS) is 11.8. The van der Waals surface area contributed by atoms with Crippen molar-refractivity contribution < 1.29 is 4.79 Å². The molecule has 2 aromatic rings. The number of carbonyl (C=O) groups excluding carboxylic acids is 1. The smallest absolute Gasteiger partial charge is 0.315 e. The molecule has 2 amide bonds. The molecule has 0 aliphatic rings. The lowest BCUT2D eigenvalue weighted by Crippen LogP contribution is -2.36. The van der Waals surface area contributed by atoms with Crippen molar-refractivity contribution in [1.82, 2.24) is 10.6 Å². The Morgan fingerprint density at radius 2 is 1.90 bits per heavy atom. The first-order valence-corrected chi connectivity index (χ1v) is 7.28. The van der Waals surface area contributed by atoms with Crippen LogP contribution in [0, 0.1) is 6.92 Å². The van der Waals surface area contributed by atoms with Crippen LogP contribution in [0.5, 0.6) is 0 Å². The Bertz CT molecular complexity index is 610. The molecule has 0 saturated heterocycles. The van der Waals surface area contributed by atoms with E-state index in [0.717, 1.165) is 11.1 Å². The molecule has 21 heavy (non-hydrogen) atoms. The van der Waals surface area contributed by atoms with Crippen molar-refractivity contribution in [2.75, 3.05) is 0 Å². The van der Waals surface area contributed by atoms with Crippen molar-refractivity contribution >= 4 is 17.6 Å². The van der Waals surface area contributed by atoms with Gasteiger partial charge in [0.05, 0.1) is 6.04 Å². The van der Waals surface area contributed by atoms with Crippen molar-refractivity contribution in [2.45, 2.75) is 26.4 Å². The Morgan fingerprint density at radius 1 is 1.19 bits per heavy atom. The molecule has 0 aliphatic carbocycles. The summed E-state index contributed by atoms with van der Waals surface area (Å²) in [5, 5.41) is 6.41. The summed E-state index contributed by atoms with van der Waals surface area (Å²) in [7, 11) is 0. The Kier molecular flexibility index (Phi) is 5.23. The maximum Gasteiger partial charge on any atom is 0.315 e.